The van der Waals surface area contributed by atoms with Crippen molar-refractivity contribution in [3.63, 3.8) is 0 Å². The number of amides is 1. The molecule has 0 unspecified atom stereocenters. The van der Waals surface area contributed by atoms with E-state index in [4.69, 9.17) is 14.2 Å². The Morgan fingerprint density at radius 1 is 1.17 bits per heavy atom. The van der Waals surface area contributed by atoms with Crippen molar-refractivity contribution in [1.29, 1.82) is 0 Å². The van der Waals surface area contributed by atoms with Gasteiger partial charge in [0.15, 0.2) is 0 Å². The van der Waals surface area contributed by atoms with Crippen molar-refractivity contribution < 1.29 is 27.8 Å². The maximum atomic E-state index is 13.2. The van der Waals surface area contributed by atoms with Gasteiger partial charge in [-0.3, -0.25) is 14.2 Å². The number of aromatic nitrogens is 3. The second kappa shape index (κ2) is 9.57. The topological polar surface area (TPSA) is 87.0 Å². The van der Waals surface area contributed by atoms with Gasteiger partial charge in [0, 0.05) is 30.1 Å². The number of rotatable bonds is 9. The minimum atomic E-state index is -3.11. The van der Waals surface area contributed by atoms with Crippen LogP contribution in [0, 0.1) is 0 Å². The van der Waals surface area contributed by atoms with Crippen LogP contribution in [0.5, 0.6) is 17.2 Å². The molecule has 3 heterocycles. The standard InChI is InChI=1S/C25H22F2N4O4/c1-33-20-10-15(11-21(35-25(26)27)23(20)24(32)30-16-5-6-16)19-13-29-22-12-18(7-9-31(19)22)34-14-17-4-2-3-8-28-17/h2-4,7-13,16,25H,5-6,14H2,1H3,(H,30,32). The smallest absolute Gasteiger partial charge is 0.387 e. The van der Waals surface area contributed by atoms with E-state index in [2.05, 4.69) is 15.3 Å². The third-order valence-corrected chi connectivity index (χ3v) is 5.53. The van der Waals surface area contributed by atoms with E-state index in [-0.39, 0.29) is 23.1 Å². The lowest BCUT2D eigenvalue weighted by atomic mass is 10.1. The number of pyridine rings is 2. The van der Waals surface area contributed by atoms with Gasteiger partial charge in [-0.1, -0.05) is 6.07 Å². The number of fused-ring (bicyclic) bond motifs is 1. The molecule has 0 spiro atoms. The summed E-state index contributed by atoms with van der Waals surface area (Å²) in [5, 5.41) is 2.79. The molecule has 3 aromatic heterocycles. The largest absolute Gasteiger partial charge is 0.496 e. The number of ether oxygens (including phenoxy) is 3. The van der Waals surface area contributed by atoms with Crippen LogP contribution in [-0.4, -0.2) is 40.0 Å². The molecule has 0 radical (unpaired) electrons. The van der Waals surface area contributed by atoms with Gasteiger partial charge in [-0.15, -0.1) is 0 Å². The summed E-state index contributed by atoms with van der Waals surface area (Å²) in [6.07, 6.45) is 6.77. The van der Waals surface area contributed by atoms with Crippen LogP contribution >= 0.6 is 0 Å². The molecule has 4 aromatic rings. The third kappa shape index (κ3) is 5.01. The summed E-state index contributed by atoms with van der Waals surface area (Å²) in [6.45, 7) is -2.80. The van der Waals surface area contributed by atoms with Crippen LogP contribution < -0.4 is 19.5 Å². The van der Waals surface area contributed by atoms with Crippen LogP contribution in [-0.2, 0) is 6.61 Å². The Labute approximate surface area is 199 Å². The number of benzene rings is 1. The molecule has 8 nitrogen and oxygen atoms in total. The Kier molecular flexibility index (Phi) is 6.17. The van der Waals surface area contributed by atoms with Gasteiger partial charge < -0.3 is 19.5 Å². The van der Waals surface area contributed by atoms with Gasteiger partial charge in [0.25, 0.3) is 5.91 Å². The van der Waals surface area contributed by atoms with Gasteiger partial charge in [-0.2, -0.15) is 8.78 Å². The van der Waals surface area contributed by atoms with Gasteiger partial charge in [0.05, 0.1) is 24.7 Å². The molecule has 5 rings (SSSR count). The molecule has 1 fully saturated rings. The highest BCUT2D eigenvalue weighted by atomic mass is 19.3. The quantitative estimate of drug-likeness (QED) is 0.380. The average Bonchev–Trinajstić information content (AvgIpc) is 3.57. The first-order valence-corrected chi connectivity index (χ1v) is 11.0. The van der Waals surface area contributed by atoms with E-state index in [1.807, 2.05) is 18.2 Å². The fourth-order valence-corrected chi connectivity index (χ4v) is 3.70. The molecular weight excluding hydrogens is 458 g/mol. The minimum absolute atomic E-state index is 0.0409. The number of hydrogen-bond donors (Lipinski definition) is 1. The second-order valence-electron chi connectivity index (χ2n) is 8.02. The first-order chi connectivity index (χ1) is 17.0. The fourth-order valence-electron chi connectivity index (χ4n) is 3.70. The van der Waals surface area contributed by atoms with Crippen LogP contribution in [0.25, 0.3) is 16.9 Å². The lowest BCUT2D eigenvalue weighted by Gasteiger charge is -2.16. The summed E-state index contributed by atoms with van der Waals surface area (Å²) in [5.41, 5.74) is 2.41. The lowest BCUT2D eigenvalue weighted by Crippen LogP contribution is -2.26. The zero-order valence-corrected chi connectivity index (χ0v) is 18.8. The van der Waals surface area contributed by atoms with Gasteiger partial charge >= 0.3 is 6.61 Å². The van der Waals surface area contributed by atoms with Crippen LogP contribution in [0.1, 0.15) is 28.9 Å². The molecule has 1 amide bonds. The highest BCUT2D eigenvalue weighted by molar-refractivity contribution is 6.01. The Bertz CT molecular complexity index is 1360. The van der Waals surface area contributed by atoms with E-state index < -0.39 is 12.5 Å². The minimum Gasteiger partial charge on any atom is -0.496 e. The van der Waals surface area contributed by atoms with E-state index in [0.29, 0.717) is 29.3 Å². The molecule has 1 aliphatic rings. The molecule has 180 valence electrons. The fraction of sp³-hybridized carbons (Fsp3) is 0.240. The summed E-state index contributed by atoms with van der Waals surface area (Å²) in [6, 6.07) is 12.2. The molecule has 0 aliphatic heterocycles. The summed E-state index contributed by atoms with van der Waals surface area (Å²) >= 11 is 0. The van der Waals surface area contributed by atoms with Crippen molar-refractivity contribution >= 4 is 11.6 Å². The average molecular weight is 480 g/mol. The van der Waals surface area contributed by atoms with E-state index in [9.17, 15) is 13.6 Å². The van der Waals surface area contributed by atoms with Crippen molar-refractivity contribution in [3.05, 3.63) is 72.3 Å². The molecular formula is C25H22F2N4O4. The van der Waals surface area contributed by atoms with Crippen LogP contribution in [0.3, 0.4) is 0 Å². The maximum absolute atomic E-state index is 13.2. The zero-order chi connectivity index (χ0) is 24.4. The summed E-state index contributed by atoms with van der Waals surface area (Å²) in [5.74, 6) is -0.0505. The Morgan fingerprint density at radius 3 is 2.71 bits per heavy atom. The second-order valence-corrected chi connectivity index (χ2v) is 8.02. The predicted octanol–water partition coefficient (Wildman–Crippen LogP) is 4.48. The highest BCUT2D eigenvalue weighted by Crippen LogP contribution is 2.37. The monoisotopic (exact) mass is 480 g/mol. The molecule has 0 atom stereocenters. The van der Waals surface area contributed by atoms with Gasteiger partial charge in [-0.05, 0) is 43.2 Å². The van der Waals surface area contributed by atoms with Crippen molar-refractivity contribution in [2.45, 2.75) is 32.1 Å². The molecule has 0 saturated heterocycles. The number of alkyl halides is 2. The Morgan fingerprint density at radius 2 is 2.00 bits per heavy atom. The Hall–Kier alpha value is -4.21. The van der Waals surface area contributed by atoms with Crippen molar-refractivity contribution in [2.24, 2.45) is 0 Å². The van der Waals surface area contributed by atoms with Gasteiger partial charge in [0.1, 0.15) is 35.1 Å². The number of halogens is 2. The number of carbonyl (C=O) groups is 1. The number of carbonyl (C=O) groups excluding carboxylic acids is 1. The van der Waals surface area contributed by atoms with Crippen LogP contribution in [0.4, 0.5) is 8.78 Å². The van der Waals surface area contributed by atoms with E-state index in [1.54, 1.807) is 41.2 Å². The maximum Gasteiger partial charge on any atom is 0.387 e. The molecule has 35 heavy (non-hydrogen) atoms. The first kappa shape index (κ1) is 22.6. The van der Waals surface area contributed by atoms with Crippen LogP contribution in [0.15, 0.2) is 61.1 Å². The predicted molar refractivity (Wildman–Crippen MR) is 123 cm³/mol. The SMILES string of the molecule is COc1cc(-c2cnc3cc(OCc4ccccn4)ccn23)cc(OC(F)F)c1C(=O)NC1CC1. The Balaban J connectivity index is 1.47. The highest BCUT2D eigenvalue weighted by Gasteiger charge is 2.29. The number of methoxy groups -OCH3 is 1. The summed E-state index contributed by atoms with van der Waals surface area (Å²) < 4.78 is 44.1. The number of imidazole rings is 1. The first-order valence-electron chi connectivity index (χ1n) is 11.0. The van der Waals surface area contributed by atoms with Crippen molar-refractivity contribution in [2.75, 3.05) is 7.11 Å². The summed E-state index contributed by atoms with van der Waals surface area (Å²) in [4.78, 5) is 21.4. The van der Waals surface area contributed by atoms with Gasteiger partial charge in [-0.25, -0.2) is 4.98 Å². The van der Waals surface area contributed by atoms with Gasteiger partial charge in [0.2, 0.25) is 0 Å². The molecule has 10 heteroatoms. The normalized spacial score (nSPS) is 13.1. The molecule has 0 bridgehead atoms. The molecule has 1 aliphatic carbocycles. The van der Waals surface area contributed by atoms with E-state index >= 15 is 0 Å². The lowest BCUT2D eigenvalue weighted by molar-refractivity contribution is -0.0502. The van der Waals surface area contributed by atoms with E-state index in [1.165, 1.54) is 13.2 Å². The van der Waals surface area contributed by atoms with Crippen molar-refractivity contribution in [3.8, 4) is 28.5 Å². The summed E-state index contributed by atoms with van der Waals surface area (Å²) in [7, 11) is 1.37. The third-order valence-electron chi connectivity index (χ3n) is 5.53. The van der Waals surface area contributed by atoms with E-state index in [0.717, 1.165) is 18.5 Å². The number of hydrogen-bond acceptors (Lipinski definition) is 6. The molecule has 1 saturated carbocycles. The van der Waals surface area contributed by atoms with Crippen LogP contribution in [0.2, 0.25) is 0 Å². The molecule has 1 N–H and O–H groups in total. The number of nitrogens with one attached hydrogen (secondary N) is 1. The number of nitrogens with zero attached hydrogens (tertiary/aromatic N) is 3. The zero-order valence-electron chi connectivity index (χ0n) is 18.8. The van der Waals surface area contributed by atoms with Crippen molar-refractivity contribution in [1.82, 2.24) is 19.7 Å². The molecule has 1 aromatic carbocycles.